The summed E-state index contributed by atoms with van der Waals surface area (Å²) in [5.74, 6) is -0.938. The van der Waals surface area contributed by atoms with Crippen LogP contribution in [0, 0.1) is 11.8 Å². The first-order valence-corrected chi connectivity index (χ1v) is 11.1. The minimum atomic E-state index is -0.359. The van der Waals surface area contributed by atoms with Crippen LogP contribution >= 0.6 is 11.6 Å². The second-order valence-electron chi connectivity index (χ2n) is 7.35. The summed E-state index contributed by atoms with van der Waals surface area (Å²) in [6, 6.07) is 0. The molecule has 0 N–H and O–H groups in total. The highest BCUT2D eigenvalue weighted by molar-refractivity contribution is 6.18. The zero-order chi connectivity index (χ0) is 19.0. The molecule has 1 aliphatic carbocycles. The Morgan fingerprint density at radius 1 is 0.769 bits per heavy atom. The number of unbranched alkanes of at least 4 members (excludes halogenated alkanes) is 8. The van der Waals surface area contributed by atoms with E-state index in [1.807, 2.05) is 0 Å². The average molecular weight is 389 g/mol. The fraction of sp³-hybridized carbons (Fsp3) is 0.905. The maximum absolute atomic E-state index is 12.4. The van der Waals surface area contributed by atoms with Crippen molar-refractivity contribution < 1.29 is 19.1 Å². The van der Waals surface area contributed by atoms with E-state index in [1.54, 1.807) is 0 Å². The fourth-order valence-corrected chi connectivity index (χ4v) is 3.71. The van der Waals surface area contributed by atoms with Gasteiger partial charge in [-0.05, 0) is 19.3 Å². The molecule has 0 aromatic heterocycles. The van der Waals surface area contributed by atoms with Gasteiger partial charge in [0.15, 0.2) is 0 Å². The van der Waals surface area contributed by atoms with Gasteiger partial charge in [0, 0.05) is 0 Å². The molecule has 1 saturated carbocycles. The number of alkyl halides is 1. The quantitative estimate of drug-likeness (QED) is 0.219. The molecule has 5 heteroatoms. The van der Waals surface area contributed by atoms with Crippen molar-refractivity contribution in [1.29, 1.82) is 0 Å². The zero-order valence-corrected chi connectivity index (χ0v) is 17.2. The third kappa shape index (κ3) is 9.80. The van der Waals surface area contributed by atoms with E-state index < -0.39 is 0 Å². The van der Waals surface area contributed by atoms with Gasteiger partial charge in [0.05, 0.1) is 24.3 Å². The van der Waals surface area contributed by atoms with E-state index in [4.69, 9.17) is 21.1 Å². The number of carbonyl (C=O) groups is 2. The number of hydrogen-bond acceptors (Lipinski definition) is 4. The predicted molar refractivity (Wildman–Crippen MR) is 105 cm³/mol. The molecule has 2 unspecified atom stereocenters. The Morgan fingerprint density at radius 2 is 1.23 bits per heavy atom. The molecule has 0 bridgehead atoms. The summed E-state index contributed by atoms with van der Waals surface area (Å²) in [5.41, 5.74) is 0. The lowest BCUT2D eigenvalue weighted by Gasteiger charge is -2.28. The summed E-state index contributed by atoms with van der Waals surface area (Å²) in [5, 5.41) is 0. The molecule has 26 heavy (non-hydrogen) atoms. The van der Waals surface area contributed by atoms with Crippen LogP contribution in [0.25, 0.3) is 0 Å². The number of esters is 2. The molecule has 0 radical (unpaired) electrons. The van der Waals surface area contributed by atoms with Crippen molar-refractivity contribution in [3.8, 4) is 0 Å². The van der Waals surface area contributed by atoms with Gasteiger partial charge < -0.3 is 9.47 Å². The average Bonchev–Trinajstić information content (AvgIpc) is 2.67. The van der Waals surface area contributed by atoms with Crippen molar-refractivity contribution >= 4 is 23.5 Å². The summed E-state index contributed by atoms with van der Waals surface area (Å²) in [7, 11) is 0. The first-order chi connectivity index (χ1) is 12.7. The lowest BCUT2D eigenvalue weighted by molar-refractivity contribution is -0.162. The summed E-state index contributed by atoms with van der Waals surface area (Å²) in [6.45, 7) is 2.91. The van der Waals surface area contributed by atoms with E-state index in [-0.39, 0.29) is 36.3 Å². The SMILES string of the molecule is CCCCCCCCCCCOC(=O)C1CCCCC1C(=O)OCCCl. The van der Waals surface area contributed by atoms with Gasteiger partial charge in [0.2, 0.25) is 0 Å². The molecule has 152 valence electrons. The Balaban J connectivity index is 2.15. The van der Waals surface area contributed by atoms with Crippen LogP contribution in [0.15, 0.2) is 0 Å². The van der Waals surface area contributed by atoms with Gasteiger partial charge >= 0.3 is 11.9 Å². The molecule has 0 saturated heterocycles. The monoisotopic (exact) mass is 388 g/mol. The Bertz CT molecular complexity index is 386. The molecule has 0 amide bonds. The smallest absolute Gasteiger partial charge is 0.309 e. The van der Waals surface area contributed by atoms with Crippen LogP contribution in [0.4, 0.5) is 0 Å². The van der Waals surface area contributed by atoms with Crippen molar-refractivity contribution in [2.45, 2.75) is 90.4 Å². The first-order valence-electron chi connectivity index (χ1n) is 10.6. The van der Waals surface area contributed by atoms with Gasteiger partial charge in [-0.1, -0.05) is 71.1 Å². The van der Waals surface area contributed by atoms with Crippen LogP contribution in [0.2, 0.25) is 0 Å². The lowest BCUT2D eigenvalue weighted by Crippen LogP contribution is -2.35. The normalized spacial score (nSPS) is 19.9. The topological polar surface area (TPSA) is 52.6 Å². The van der Waals surface area contributed by atoms with Gasteiger partial charge in [-0.2, -0.15) is 0 Å². The molecular formula is C21H37ClO4. The fourth-order valence-electron chi connectivity index (χ4n) is 3.63. The van der Waals surface area contributed by atoms with Gasteiger partial charge in [-0.15, -0.1) is 11.6 Å². The second kappa shape index (κ2) is 15.3. The molecule has 0 spiro atoms. The lowest BCUT2D eigenvalue weighted by atomic mass is 9.79. The van der Waals surface area contributed by atoms with E-state index >= 15 is 0 Å². The molecule has 1 rings (SSSR count). The van der Waals surface area contributed by atoms with Gasteiger partial charge in [-0.25, -0.2) is 0 Å². The second-order valence-corrected chi connectivity index (χ2v) is 7.73. The maximum Gasteiger partial charge on any atom is 0.309 e. The summed E-state index contributed by atoms with van der Waals surface area (Å²) >= 11 is 5.57. The third-order valence-corrected chi connectivity index (χ3v) is 5.34. The van der Waals surface area contributed by atoms with Crippen molar-refractivity contribution in [2.24, 2.45) is 11.8 Å². The van der Waals surface area contributed by atoms with Crippen molar-refractivity contribution in [1.82, 2.24) is 0 Å². The van der Waals surface area contributed by atoms with Crippen LogP contribution < -0.4 is 0 Å². The molecule has 0 aromatic rings. The van der Waals surface area contributed by atoms with E-state index in [0.717, 1.165) is 32.1 Å². The Kier molecular flexibility index (Phi) is 13.7. The van der Waals surface area contributed by atoms with Crippen LogP contribution in [-0.4, -0.2) is 31.0 Å². The van der Waals surface area contributed by atoms with Crippen molar-refractivity contribution in [3.63, 3.8) is 0 Å². The highest BCUT2D eigenvalue weighted by atomic mass is 35.5. The molecule has 0 aromatic carbocycles. The summed E-state index contributed by atoms with van der Waals surface area (Å²) < 4.78 is 10.6. The van der Waals surface area contributed by atoms with Crippen molar-refractivity contribution in [2.75, 3.05) is 19.1 Å². The number of carbonyl (C=O) groups excluding carboxylic acids is 2. The third-order valence-electron chi connectivity index (χ3n) is 5.19. The van der Waals surface area contributed by atoms with Gasteiger partial charge in [0.1, 0.15) is 6.61 Å². The van der Waals surface area contributed by atoms with E-state index in [0.29, 0.717) is 13.0 Å². The summed E-state index contributed by atoms with van der Waals surface area (Å²) in [4.78, 5) is 24.5. The zero-order valence-electron chi connectivity index (χ0n) is 16.5. The highest BCUT2D eigenvalue weighted by Gasteiger charge is 2.37. The minimum absolute atomic E-state index is 0.205. The number of rotatable bonds is 14. The van der Waals surface area contributed by atoms with Crippen LogP contribution in [0.5, 0.6) is 0 Å². The minimum Gasteiger partial charge on any atom is -0.465 e. The standard InChI is InChI=1S/C21H37ClO4/c1-2-3-4-5-6-7-8-9-12-16-25-20(23)18-13-10-11-14-19(18)21(24)26-17-15-22/h18-19H,2-17H2,1H3. The molecular weight excluding hydrogens is 352 g/mol. The molecule has 0 aliphatic heterocycles. The van der Waals surface area contributed by atoms with Crippen LogP contribution in [-0.2, 0) is 19.1 Å². The number of ether oxygens (including phenoxy) is 2. The van der Waals surface area contributed by atoms with Crippen LogP contribution in [0.1, 0.15) is 90.4 Å². The number of hydrogen-bond donors (Lipinski definition) is 0. The Labute approximate surface area is 164 Å². The summed E-state index contributed by atoms with van der Waals surface area (Å²) in [6.07, 6.45) is 14.5. The van der Waals surface area contributed by atoms with Gasteiger partial charge in [0.25, 0.3) is 0 Å². The first kappa shape index (κ1) is 23.3. The van der Waals surface area contributed by atoms with Crippen LogP contribution in [0.3, 0.4) is 0 Å². The van der Waals surface area contributed by atoms with E-state index in [2.05, 4.69) is 6.92 Å². The molecule has 1 aliphatic rings. The Morgan fingerprint density at radius 3 is 1.73 bits per heavy atom. The largest absolute Gasteiger partial charge is 0.465 e. The van der Waals surface area contributed by atoms with E-state index in [1.165, 1.54) is 44.9 Å². The maximum atomic E-state index is 12.4. The molecule has 4 nitrogen and oxygen atoms in total. The Hall–Kier alpha value is -0.770. The molecule has 2 atom stereocenters. The number of halogens is 1. The molecule has 1 fully saturated rings. The highest BCUT2D eigenvalue weighted by Crippen LogP contribution is 2.32. The van der Waals surface area contributed by atoms with E-state index in [9.17, 15) is 9.59 Å². The van der Waals surface area contributed by atoms with Gasteiger partial charge in [-0.3, -0.25) is 9.59 Å². The predicted octanol–water partition coefficient (Wildman–Crippen LogP) is 5.65. The van der Waals surface area contributed by atoms with Crippen molar-refractivity contribution in [3.05, 3.63) is 0 Å². The molecule has 0 heterocycles.